The number of aromatic nitrogens is 1. The van der Waals surface area contributed by atoms with Gasteiger partial charge in [-0.05, 0) is 140 Å². The van der Waals surface area contributed by atoms with Crippen molar-refractivity contribution in [3.05, 3.63) is 225 Å². The van der Waals surface area contributed by atoms with E-state index in [2.05, 4.69) is 179 Å². The summed E-state index contributed by atoms with van der Waals surface area (Å²) >= 11 is 0. The summed E-state index contributed by atoms with van der Waals surface area (Å²) in [6.07, 6.45) is 43.0. The zero-order chi connectivity index (χ0) is 45.0. The van der Waals surface area contributed by atoms with Gasteiger partial charge in [-0.15, -0.1) is 0 Å². The second-order valence-corrected chi connectivity index (χ2v) is 20.0. The van der Waals surface area contributed by atoms with Crippen molar-refractivity contribution < 1.29 is 4.74 Å². The molecule has 6 unspecified atom stereocenters. The van der Waals surface area contributed by atoms with Gasteiger partial charge in [-0.3, -0.25) is 0 Å². The van der Waals surface area contributed by atoms with Gasteiger partial charge in [0, 0.05) is 64.0 Å². The summed E-state index contributed by atoms with van der Waals surface area (Å²) in [5.74, 6) is 3.81. The second-order valence-electron chi connectivity index (χ2n) is 20.0. The molecule has 6 aliphatic carbocycles. The Bertz CT molecular complexity index is 3120. The fraction of sp³-hybridized carbons (Fsp3) is 0.290. The molecule has 0 radical (unpaired) electrons. The highest BCUT2D eigenvalue weighted by atomic mass is 16.5. The van der Waals surface area contributed by atoms with Crippen LogP contribution in [0.5, 0.6) is 0 Å². The van der Waals surface area contributed by atoms with E-state index in [1.54, 1.807) is 0 Å². The number of allylic oxidation sites excluding steroid dienone is 14. The van der Waals surface area contributed by atoms with Crippen molar-refractivity contribution in [1.29, 1.82) is 0 Å². The number of hydrogen-bond donors (Lipinski definition) is 2. The van der Waals surface area contributed by atoms with Crippen LogP contribution in [0.2, 0.25) is 0 Å². The molecular formula is C62H59N5O. The highest BCUT2D eigenvalue weighted by Crippen LogP contribution is 2.51. The molecule has 1 aromatic heterocycles. The van der Waals surface area contributed by atoms with Gasteiger partial charge in [0.25, 0.3) is 0 Å². The lowest BCUT2D eigenvalue weighted by atomic mass is 9.71. The normalized spacial score (nSPS) is 27.3. The first-order chi connectivity index (χ1) is 33.7. The molecular weight excluding hydrogens is 831 g/mol. The topological polar surface area (TPSA) is 62.9 Å². The molecule has 0 saturated carbocycles. The van der Waals surface area contributed by atoms with Crippen molar-refractivity contribution in [2.75, 3.05) is 6.54 Å². The van der Waals surface area contributed by atoms with Gasteiger partial charge in [0.2, 0.25) is 0 Å². The molecule has 0 bridgehead atoms. The minimum absolute atomic E-state index is 0.0109. The predicted molar refractivity (Wildman–Crippen MR) is 278 cm³/mol. The SMILES string of the molecule is C1=CC(C2=C(C3N=C(C4=CCCCC4)NC(c4ccccc4)=N3)C=C(C3=CC(C4=CCCC=C4)CC(C4=CCCC=C4)C3)CN2)C2C(=C1)OC1Cc3c(c4ccccc4n3-c3ccccc3)C=C12. The van der Waals surface area contributed by atoms with E-state index in [4.69, 9.17) is 14.7 Å². The van der Waals surface area contributed by atoms with E-state index in [0.29, 0.717) is 11.8 Å². The second kappa shape index (κ2) is 17.6. The smallest absolute Gasteiger partial charge is 0.171 e. The van der Waals surface area contributed by atoms with E-state index in [9.17, 15) is 0 Å². The number of benzene rings is 3. The summed E-state index contributed by atoms with van der Waals surface area (Å²) < 4.78 is 9.56. The number of rotatable bonds is 8. The average molecular weight is 890 g/mol. The Morgan fingerprint density at radius 2 is 1.50 bits per heavy atom. The summed E-state index contributed by atoms with van der Waals surface area (Å²) in [5.41, 5.74) is 16.9. The maximum Gasteiger partial charge on any atom is 0.171 e. The van der Waals surface area contributed by atoms with Gasteiger partial charge in [-0.2, -0.15) is 0 Å². The van der Waals surface area contributed by atoms with Crippen molar-refractivity contribution in [3.63, 3.8) is 0 Å². The van der Waals surface area contributed by atoms with Gasteiger partial charge in [0.05, 0.1) is 11.4 Å². The summed E-state index contributed by atoms with van der Waals surface area (Å²) in [7, 11) is 0. The van der Waals surface area contributed by atoms with E-state index in [0.717, 1.165) is 92.9 Å². The third-order valence-electron chi connectivity index (χ3n) is 15.8. The van der Waals surface area contributed by atoms with E-state index >= 15 is 0 Å². The first-order valence-corrected chi connectivity index (χ1v) is 25.4. The van der Waals surface area contributed by atoms with Crippen LogP contribution < -0.4 is 10.6 Å². The highest BCUT2D eigenvalue weighted by molar-refractivity contribution is 6.16. The Balaban J connectivity index is 0.966. The molecule has 6 heteroatoms. The molecule has 13 rings (SSSR count). The van der Waals surface area contributed by atoms with Crippen LogP contribution in [0.1, 0.15) is 81.0 Å². The van der Waals surface area contributed by atoms with Gasteiger partial charge in [0.15, 0.2) is 6.17 Å². The summed E-state index contributed by atoms with van der Waals surface area (Å²) in [6.45, 7) is 0.754. The van der Waals surface area contributed by atoms with E-state index in [1.807, 2.05) is 0 Å². The summed E-state index contributed by atoms with van der Waals surface area (Å²) in [4.78, 5) is 11.2. The molecule has 6 nitrogen and oxygen atoms in total. The molecule has 68 heavy (non-hydrogen) atoms. The third kappa shape index (κ3) is 7.49. The summed E-state index contributed by atoms with van der Waals surface area (Å²) in [6, 6.07) is 30.3. The quantitative estimate of drug-likeness (QED) is 0.185. The van der Waals surface area contributed by atoms with Gasteiger partial charge in [-0.1, -0.05) is 127 Å². The molecule has 3 aliphatic heterocycles. The van der Waals surface area contributed by atoms with Crippen LogP contribution in [0, 0.1) is 23.7 Å². The number of fused-ring (bicyclic) bond motifs is 6. The van der Waals surface area contributed by atoms with Gasteiger partial charge < -0.3 is 19.9 Å². The van der Waals surface area contributed by atoms with E-state index < -0.39 is 6.17 Å². The van der Waals surface area contributed by atoms with E-state index in [-0.39, 0.29) is 17.9 Å². The summed E-state index contributed by atoms with van der Waals surface area (Å²) in [5, 5.41) is 9.21. The largest absolute Gasteiger partial charge is 0.489 e. The molecule has 2 N–H and O–H groups in total. The van der Waals surface area contributed by atoms with Gasteiger partial charge in [0.1, 0.15) is 23.5 Å². The fourth-order valence-corrected chi connectivity index (χ4v) is 12.6. The Morgan fingerprint density at radius 3 is 2.31 bits per heavy atom. The molecule has 3 aromatic carbocycles. The average Bonchev–Trinajstić information content (AvgIpc) is 3.95. The van der Waals surface area contributed by atoms with E-state index in [1.165, 1.54) is 79.8 Å². The van der Waals surface area contributed by atoms with Crippen molar-refractivity contribution in [2.24, 2.45) is 33.7 Å². The first-order valence-electron chi connectivity index (χ1n) is 25.4. The maximum absolute atomic E-state index is 7.10. The van der Waals surface area contributed by atoms with Crippen LogP contribution in [0.4, 0.5) is 0 Å². The molecule has 9 aliphatic rings. The number of ether oxygens (including phenoxy) is 1. The van der Waals surface area contributed by atoms with Crippen LogP contribution in [0.15, 0.2) is 218 Å². The van der Waals surface area contributed by atoms with Gasteiger partial charge in [-0.25, -0.2) is 9.98 Å². The van der Waals surface area contributed by atoms with Crippen molar-refractivity contribution >= 4 is 28.7 Å². The van der Waals surface area contributed by atoms with Crippen LogP contribution in [-0.2, 0) is 11.2 Å². The Labute approximate surface area is 400 Å². The van der Waals surface area contributed by atoms with Crippen molar-refractivity contribution in [2.45, 2.75) is 82.9 Å². The van der Waals surface area contributed by atoms with Crippen molar-refractivity contribution in [3.8, 4) is 5.69 Å². The number of aliphatic imine (C=N–C) groups is 2. The maximum atomic E-state index is 7.10. The van der Waals surface area contributed by atoms with Crippen LogP contribution in [0.25, 0.3) is 22.7 Å². The minimum atomic E-state index is -0.442. The molecule has 4 heterocycles. The zero-order valence-electron chi connectivity index (χ0n) is 38.8. The van der Waals surface area contributed by atoms with Crippen LogP contribution in [-0.4, -0.2) is 35.1 Å². The Morgan fingerprint density at radius 1 is 0.706 bits per heavy atom. The highest BCUT2D eigenvalue weighted by Gasteiger charge is 2.46. The predicted octanol–water partition coefficient (Wildman–Crippen LogP) is 13.2. The van der Waals surface area contributed by atoms with Crippen LogP contribution in [0.3, 0.4) is 0 Å². The third-order valence-corrected chi connectivity index (χ3v) is 15.8. The standard InChI is InChI=1S/C62H59N5O/c1-6-19-40(20-7-1)44-33-45(41-21-8-2-9-22-41)35-46(34-44)47-36-53(62-65-60(42-23-10-3-11-24-42)64-61(66-62)43-25-12-4-13-26-43)59(63-39-47)50-30-18-32-56-58(50)52-37-51-49-29-16-17-31-54(49)67(48-27-14-5-15-28-48)55(51)38-57(52)68-56/h3,5-6,8,10-11,14-25,27-32,34,36-37,44-45,50,57-58,62-63H,1-2,4,7,9,12-13,26,33,35,38-39H2,(H,64,65,66). The number of nitrogens with zero attached hydrogens (tertiary/aromatic N) is 3. The Hall–Kier alpha value is -6.92. The first kappa shape index (κ1) is 41.3. The molecule has 4 aromatic rings. The lowest BCUT2D eigenvalue weighted by Crippen LogP contribution is -2.40. The lowest BCUT2D eigenvalue weighted by Gasteiger charge is -2.36. The fourth-order valence-electron chi connectivity index (χ4n) is 12.6. The zero-order valence-corrected chi connectivity index (χ0v) is 38.8. The number of amidine groups is 2. The minimum Gasteiger partial charge on any atom is -0.489 e. The molecule has 0 spiro atoms. The molecule has 6 atom stereocenters. The number of nitrogens with one attached hydrogen (secondary N) is 2. The molecule has 1 saturated heterocycles. The lowest BCUT2D eigenvalue weighted by molar-refractivity contribution is 0.172. The monoisotopic (exact) mass is 889 g/mol. The number of para-hydroxylation sites is 2. The van der Waals surface area contributed by atoms with Gasteiger partial charge >= 0.3 is 0 Å². The number of dihydropyridines is 1. The van der Waals surface area contributed by atoms with Crippen molar-refractivity contribution in [1.82, 2.24) is 15.2 Å². The number of hydrogen-bond acceptors (Lipinski definition) is 5. The van der Waals surface area contributed by atoms with Crippen LogP contribution >= 0.6 is 0 Å². The molecule has 0 amide bonds. The Kier molecular flexibility index (Phi) is 10.7. The molecule has 338 valence electrons. The molecule has 1 fully saturated rings.